The number of nitrogens with zero attached hydrogens (tertiary/aromatic N) is 1. The monoisotopic (exact) mass is 515 g/mol. The van der Waals surface area contributed by atoms with Crippen molar-refractivity contribution in [1.29, 1.82) is 0 Å². The van der Waals surface area contributed by atoms with Crippen molar-refractivity contribution in [3.05, 3.63) is 65.7 Å². The zero-order chi connectivity index (χ0) is 27.2. The van der Waals surface area contributed by atoms with Crippen LogP contribution < -0.4 is 15.5 Å². The molecule has 2 aromatic rings. The minimum atomic E-state index is -1.05. The SMILES string of the molecule is CC(CC(NC(=O)C1CCN(c2ccc(F)cc2)CC1)C(=O)NC(C)(C)Cc1ccc(F)cc1)C(=O)O. The van der Waals surface area contributed by atoms with E-state index in [-0.39, 0.29) is 29.9 Å². The predicted octanol–water partition coefficient (Wildman–Crippen LogP) is 3.91. The van der Waals surface area contributed by atoms with Crippen molar-refractivity contribution in [3.63, 3.8) is 0 Å². The van der Waals surface area contributed by atoms with E-state index >= 15 is 0 Å². The Labute approximate surface area is 216 Å². The molecule has 0 radical (unpaired) electrons. The van der Waals surface area contributed by atoms with Crippen LogP contribution in [0.15, 0.2) is 48.5 Å². The molecule has 2 unspecified atom stereocenters. The lowest BCUT2D eigenvalue weighted by Crippen LogP contribution is -2.55. The maximum atomic E-state index is 13.2. The van der Waals surface area contributed by atoms with Gasteiger partial charge in [-0.05, 0) is 81.5 Å². The second kappa shape index (κ2) is 12.2. The van der Waals surface area contributed by atoms with Gasteiger partial charge in [0.05, 0.1) is 5.92 Å². The first-order valence-electron chi connectivity index (χ1n) is 12.5. The minimum Gasteiger partial charge on any atom is -0.481 e. The molecule has 1 saturated heterocycles. The largest absolute Gasteiger partial charge is 0.481 e. The molecule has 1 heterocycles. The first kappa shape index (κ1) is 28.1. The Kier molecular flexibility index (Phi) is 9.23. The van der Waals surface area contributed by atoms with Crippen molar-refractivity contribution in [3.8, 4) is 0 Å². The zero-order valence-corrected chi connectivity index (χ0v) is 21.5. The van der Waals surface area contributed by atoms with Crippen LogP contribution in [0.1, 0.15) is 45.6 Å². The first-order valence-corrected chi connectivity index (χ1v) is 12.5. The van der Waals surface area contributed by atoms with E-state index in [2.05, 4.69) is 15.5 Å². The van der Waals surface area contributed by atoms with Crippen molar-refractivity contribution in [2.45, 2.75) is 58.0 Å². The third-order valence-corrected chi connectivity index (χ3v) is 6.72. The number of aliphatic carboxylic acids is 1. The normalized spacial score (nSPS) is 16.1. The molecule has 0 saturated carbocycles. The lowest BCUT2D eigenvalue weighted by molar-refractivity contribution is -0.142. The Bertz CT molecular complexity index is 1080. The van der Waals surface area contributed by atoms with Crippen LogP contribution in [0.4, 0.5) is 14.5 Å². The fraction of sp³-hybridized carbons (Fsp3) is 0.464. The lowest BCUT2D eigenvalue weighted by atomic mass is 9.92. The van der Waals surface area contributed by atoms with Gasteiger partial charge in [-0.3, -0.25) is 14.4 Å². The van der Waals surface area contributed by atoms with Gasteiger partial charge < -0.3 is 20.6 Å². The fourth-order valence-corrected chi connectivity index (χ4v) is 4.60. The number of benzene rings is 2. The fourth-order valence-electron chi connectivity index (χ4n) is 4.60. The number of halogens is 2. The summed E-state index contributed by atoms with van der Waals surface area (Å²) in [7, 11) is 0. The van der Waals surface area contributed by atoms with Gasteiger partial charge in [0.25, 0.3) is 0 Å². The molecule has 3 rings (SSSR count). The smallest absolute Gasteiger partial charge is 0.306 e. The van der Waals surface area contributed by atoms with Gasteiger partial charge in [-0.2, -0.15) is 0 Å². The average molecular weight is 516 g/mol. The Morgan fingerprint density at radius 1 is 1.00 bits per heavy atom. The van der Waals surface area contributed by atoms with Crippen LogP contribution >= 0.6 is 0 Å². The number of anilines is 1. The van der Waals surface area contributed by atoms with Crippen LogP contribution in [0.2, 0.25) is 0 Å². The third kappa shape index (κ3) is 8.27. The molecule has 2 aromatic carbocycles. The highest BCUT2D eigenvalue weighted by molar-refractivity contribution is 5.89. The van der Waals surface area contributed by atoms with E-state index in [0.717, 1.165) is 11.3 Å². The molecule has 3 N–H and O–H groups in total. The van der Waals surface area contributed by atoms with Gasteiger partial charge in [-0.1, -0.05) is 19.1 Å². The molecule has 1 aliphatic heterocycles. The van der Waals surface area contributed by atoms with E-state index in [1.165, 1.54) is 31.2 Å². The summed E-state index contributed by atoms with van der Waals surface area (Å²) < 4.78 is 26.5. The van der Waals surface area contributed by atoms with Crippen LogP contribution in [0.3, 0.4) is 0 Å². The summed E-state index contributed by atoms with van der Waals surface area (Å²) in [6.45, 7) is 6.35. The number of carbonyl (C=O) groups excluding carboxylic acids is 2. The summed E-state index contributed by atoms with van der Waals surface area (Å²) in [4.78, 5) is 39.9. The molecule has 0 bridgehead atoms. The van der Waals surface area contributed by atoms with Gasteiger partial charge in [0.2, 0.25) is 11.8 Å². The maximum absolute atomic E-state index is 13.2. The molecular weight excluding hydrogens is 480 g/mol. The molecule has 200 valence electrons. The van der Waals surface area contributed by atoms with Gasteiger partial charge in [0.1, 0.15) is 17.7 Å². The van der Waals surface area contributed by atoms with Crippen LogP contribution in [-0.4, -0.2) is 47.6 Å². The number of piperidine rings is 1. The molecule has 0 aliphatic carbocycles. The first-order chi connectivity index (χ1) is 17.4. The van der Waals surface area contributed by atoms with E-state index in [4.69, 9.17) is 0 Å². The van der Waals surface area contributed by atoms with E-state index in [9.17, 15) is 28.3 Å². The van der Waals surface area contributed by atoms with Crippen molar-refractivity contribution in [2.75, 3.05) is 18.0 Å². The third-order valence-electron chi connectivity index (χ3n) is 6.72. The molecule has 9 heteroatoms. The summed E-state index contributed by atoms with van der Waals surface area (Å²) in [6, 6.07) is 11.2. The number of hydrogen-bond acceptors (Lipinski definition) is 4. The van der Waals surface area contributed by atoms with Gasteiger partial charge in [0, 0.05) is 30.2 Å². The number of carboxylic acid groups (broad SMARTS) is 1. The lowest BCUT2D eigenvalue weighted by Gasteiger charge is -2.34. The van der Waals surface area contributed by atoms with Crippen molar-refractivity contribution in [1.82, 2.24) is 10.6 Å². The van der Waals surface area contributed by atoms with Crippen LogP contribution in [0.5, 0.6) is 0 Å². The Balaban J connectivity index is 1.62. The second-order valence-corrected chi connectivity index (χ2v) is 10.5. The highest BCUT2D eigenvalue weighted by Gasteiger charge is 2.33. The molecule has 1 fully saturated rings. The van der Waals surface area contributed by atoms with Crippen LogP contribution in [0.25, 0.3) is 0 Å². The maximum Gasteiger partial charge on any atom is 0.306 e. The van der Waals surface area contributed by atoms with Crippen molar-refractivity contribution < 1.29 is 28.3 Å². The van der Waals surface area contributed by atoms with Crippen molar-refractivity contribution in [2.24, 2.45) is 11.8 Å². The van der Waals surface area contributed by atoms with E-state index in [1.807, 2.05) is 13.8 Å². The van der Waals surface area contributed by atoms with E-state index in [0.29, 0.717) is 32.4 Å². The molecule has 37 heavy (non-hydrogen) atoms. The number of carboxylic acids is 1. The molecule has 2 amide bonds. The molecule has 2 atom stereocenters. The van der Waals surface area contributed by atoms with Gasteiger partial charge in [-0.15, -0.1) is 0 Å². The summed E-state index contributed by atoms with van der Waals surface area (Å²) in [5, 5.41) is 15.1. The quantitative estimate of drug-likeness (QED) is 0.446. The summed E-state index contributed by atoms with van der Waals surface area (Å²) in [5.74, 6) is -3.61. The van der Waals surface area contributed by atoms with Crippen molar-refractivity contribution >= 4 is 23.5 Å². The molecular formula is C28H35F2N3O4. The van der Waals surface area contributed by atoms with E-state index in [1.54, 1.807) is 24.3 Å². The highest BCUT2D eigenvalue weighted by atomic mass is 19.1. The topological polar surface area (TPSA) is 98.7 Å². The molecule has 1 aliphatic rings. The highest BCUT2D eigenvalue weighted by Crippen LogP contribution is 2.24. The van der Waals surface area contributed by atoms with Crippen LogP contribution in [-0.2, 0) is 20.8 Å². The second-order valence-electron chi connectivity index (χ2n) is 10.5. The molecule has 7 nitrogen and oxygen atoms in total. The standard InChI is InChI=1S/C28H35F2N3O4/c1-18(27(36)37)16-24(26(35)32-28(2,3)17-19-4-6-21(29)7-5-19)31-25(34)20-12-14-33(15-13-20)23-10-8-22(30)9-11-23/h4-11,18,20,24H,12-17H2,1-3H3,(H,31,34)(H,32,35)(H,36,37). The van der Waals surface area contributed by atoms with E-state index < -0.39 is 29.4 Å². The van der Waals surface area contributed by atoms with Crippen LogP contribution in [0, 0.1) is 23.5 Å². The number of rotatable bonds is 10. The number of amides is 2. The zero-order valence-electron chi connectivity index (χ0n) is 21.5. The Hall–Kier alpha value is -3.49. The summed E-state index contributed by atoms with van der Waals surface area (Å²) >= 11 is 0. The predicted molar refractivity (Wildman–Crippen MR) is 137 cm³/mol. The summed E-state index contributed by atoms with van der Waals surface area (Å²) in [6.07, 6.45) is 1.49. The molecule has 0 aromatic heterocycles. The minimum absolute atomic E-state index is 0.0477. The number of hydrogen-bond donors (Lipinski definition) is 3. The molecule has 0 spiro atoms. The summed E-state index contributed by atoms with van der Waals surface area (Å²) in [5.41, 5.74) is 1.00. The Morgan fingerprint density at radius 3 is 2.08 bits per heavy atom. The number of carbonyl (C=O) groups is 3. The van der Waals surface area contributed by atoms with Gasteiger partial charge in [0.15, 0.2) is 0 Å². The average Bonchev–Trinajstić information content (AvgIpc) is 2.85. The Morgan fingerprint density at radius 2 is 1.54 bits per heavy atom. The van der Waals surface area contributed by atoms with Gasteiger partial charge in [-0.25, -0.2) is 8.78 Å². The number of nitrogens with one attached hydrogen (secondary N) is 2. The van der Waals surface area contributed by atoms with Gasteiger partial charge >= 0.3 is 5.97 Å².